The van der Waals surface area contributed by atoms with Gasteiger partial charge in [0.2, 0.25) is 5.91 Å². The molecule has 4 nitrogen and oxygen atoms in total. The maximum atomic E-state index is 13.7. The molecule has 1 aromatic carbocycles. The molecule has 1 aromatic heterocycles. The van der Waals surface area contributed by atoms with Gasteiger partial charge in [-0.15, -0.1) is 0 Å². The number of hydrogen-bond acceptors (Lipinski definition) is 2. The first kappa shape index (κ1) is 15.5. The van der Waals surface area contributed by atoms with E-state index in [1.54, 1.807) is 16.9 Å². The summed E-state index contributed by atoms with van der Waals surface area (Å²) in [5.41, 5.74) is 1.14. The van der Waals surface area contributed by atoms with E-state index in [9.17, 15) is 9.18 Å². The van der Waals surface area contributed by atoms with E-state index >= 15 is 0 Å². The Hall–Kier alpha value is -1.88. The van der Waals surface area contributed by atoms with E-state index in [0.29, 0.717) is 0 Å². The minimum atomic E-state index is -0.466. The lowest BCUT2D eigenvalue weighted by atomic mass is 10.1. The molecule has 0 saturated heterocycles. The number of aryl methyl sites for hydroxylation is 1. The van der Waals surface area contributed by atoms with Crippen LogP contribution < -0.4 is 5.32 Å². The summed E-state index contributed by atoms with van der Waals surface area (Å²) < 4.78 is 15.4. The van der Waals surface area contributed by atoms with Crippen molar-refractivity contribution in [1.29, 1.82) is 0 Å². The molecule has 0 bridgehead atoms. The maximum Gasteiger partial charge on any atom is 0.225 e. The summed E-state index contributed by atoms with van der Waals surface area (Å²) in [4.78, 5) is 12.1. The van der Waals surface area contributed by atoms with E-state index in [-0.39, 0.29) is 29.0 Å². The Morgan fingerprint density at radius 1 is 1.52 bits per heavy atom. The molecule has 0 radical (unpaired) electrons. The van der Waals surface area contributed by atoms with Gasteiger partial charge in [0.1, 0.15) is 5.82 Å². The summed E-state index contributed by atoms with van der Waals surface area (Å²) in [7, 11) is 1.82. The van der Waals surface area contributed by atoms with Crippen LogP contribution in [0.2, 0.25) is 5.02 Å². The number of nitrogens with one attached hydrogen (secondary N) is 1. The van der Waals surface area contributed by atoms with Crippen LogP contribution in [-0.2, 0) is 18.3 Å². The SMILES string of the molecule is CCC(NC(=O)Cc1c(F)cccc1Cl)c1cnn(C)c1. The van der Waals surface area contributed by atoms with Gasteiger partial charge in [0.25, 0.3) is 0 Å². The molecule has 0 aliphatic rings. The predicted molar refractivity (Wildman–Crippen MR) is 79.5 cm³/mol. The minimum Gasteiger partial charge on any atom is -0.349 e. The number of amides is 1. The van der Waals surface area contributed by atoms with E-state index < -0.39 is 5.82 Å². The average molecular weight is 310 g/mol. The van der Waals surface area contributed by atoms with Crippen molar-refractivity contribution < 1.29 is 9.18 Å². The zero-order valence-electron chi connectivity index (χ0n) is 11.9. The maximum absolute atomic E-state index is 13.7. The standard InChI is InChI=1S/C15H17ClFN3O/c1-3-14(10-8-18-20(2)9-10)19-15(21)7-11-12(16)5-4-6-13(11)17/h4-6,8-9,14H,3,7H2,1-2H3,(H,19,21). The summed E-state index contributed by atoms with van der Waals surface area (Å²) in [6, 6.07) is 4.25. The number of halogens is 2. The lowest BCUT2D eigenvalue weighted by molar-refractivity contribution is -0.121. The van der Waals surface area contributed by atoms with Crippen molar-refractivity contribution in [2.45, 2.75) is 25.8 Å². The number of carbonyl (C=O) groups is 1. The van der Waals surface area contributed by atoms with Crippen LogP contribution >= 0.6 is 11.6 Å². The summed E-state index contributed by atoms with van der Waals surface area (Å²) >= 11 is 5.93. The zero-order chi connectivity index (χ0) is 15.4. The second-order valence-electron chi connectivity index (χ2n) is 4.85. The summed E-state index contributed by atoms with van der Waals surface area (Å²) in [5, 5.41) is 7.23. The molecule has 112 valence electrons. The van der Waals surface area contributed by atoms with Crippen LogP contribution in [0.3, 0.4) is 0 Å². The van der Waals surface area contributed by atoms with Crippen LogP contribution in [0.4, 0.5) is 4.39 Å². The van der Waals surface area contributed by atoms with E-state index in [1.807, 2.05) is 20.2 Å². The van der Waals surface area contributed by atoms with Gasteiger partial charge in [0.05, 0.1) is 18.7 Å². The van der Waals surface area contributed by atoms with Crippen LogP contribution in [0.1, 0.15) is 30.5 Å². The Bertz CT molecular complexity index is 621. The Morgan fingerprint density at radius 2 is 2.29 bits per heavy atom. The third-order valence-electron chi connectivity index (χ3n) is 3.27. The van der Waals surface area contributed by atoms with Gasteiger partial charge in [-0.2, -0.15) is 5.10 Å². The Morgan fingerprint density at radius 3 is 2.86 bits per heavy atom. The van der Waals surface area contributed by atoms with Crippen molar-refractivity contribution in [2.75, 3.05) is 0 Å². The van der Waals surface area contributed by atoms with Crippen molar-refractivity contribution in [2.24, 2.45) is 7.05 Å². The molecule has 2 aromatic rings. The lowest BCUT2D eigenvalue weighted by Crippen LogP contribution is -2.29. The van der Waals surface area contributed by atoms with E-state index in [0.717, 1.165) is 12.0 Å². The fourth-order valence-corrected chi connectivity index (χ4v) is 2.38. The Balaban J connectivity index is 2.07. The number of nitrogens with zero attached hydrogens (tertiary/aromatic N) is 2. The van der Waals surface area contributed by atoms with Gasteiger partial charge in [-0.1, -0.05) is 24.6 Å². The molecular weight excluding hydrogens is 293 g/mol. The molecule has 1 atom stereocenters. The van der Waals surface area contributed by atoms with Gasteiger partial charge in [-0.05, 0) is 18.6 Å². The first-order valence-electron chi connectivity index (χ1n) is 6.72. The molecule has 1 heterocycles. The van der Waals surface area contributed by atoms with Crippen LogP contribution in [0.25, 0.3) is 0 Å². The third-order valence-corrected chi connectivity index (χ3v) is 3.62. The number of rotatable bonds is 5. The van der Waals surface area contributed by atoms with Crippen molar-refractivity contribution in [1.82, 2.24) is 15.1 Å². The monoisotopic (exact) mass is 309 g/mol. The molecular formula is C15H17ClFN3O. The highest BCUT2D eigenvalue weighted by Gasteiger charge is 2.17. The Labute approximate surface area is 127 Å². The van der Waals surface area contributed by atoms with Crippen molar-refractivity contribution in [3.05, 3.63) is 52.6 Å². The molecule has 6 heteroatoms. The van der Waals surface area contributed by atoms with E-state index in [2.05, 4.69) is 10.4 Å². The van der Waals surface area contributed by atoms with E-state index in [4.69, 9.17) is 11.6 Å². The Kier molecular flexibility index (Phi) is 4.96. The highest BCUT2D eigenvalue weighted by atomic mass is 35.5. The quantitative estimate of drug-likeness (QED) is 0.923. The molecule has 1 N–H and O–H groups in total. The van der Waals surface area contributed by atoms with Crippen LogP contribution in [-0.4, -0.2) is 15.7 Å². The van der Waals surface area contributed by atoms with Crippen LogP contribution in [0, 0.1) is 5.82 Å². The number of aromatic nitrogens is 2. The first-order chi connectivity index (χ1) is 10.0. The summed E-state index contributed by atoms with van der Waals surface area (Å²) in [6.45, 7) is 1.97. The van der Waals surface area contributed by atoms with Crippen molar-refractivity contribution in [3.63, 3.8) is 0 Å². The second-order valence-corrected chi connectivity index (χ2v) is 5.26. The van der Waals surface area contributed by atoms with Crippen molar-refractivity contribution in [3.8, 4) is 0 Å². The van der Waals surface area contributed by atoms with Gasteiger partial charge < -0.3 is 5.32 Å². The number of benzene rings is 1. The normalized spacial score (nSPS) is 12.2. The highest BCUT2D eigenvalue weighted by molar-refractivity contribution is 6.31. The van der Waals surface area contributed by atoms with Gasteiger partial charge in [-0.25, -0.2) is 4.39 Å². The molecule has 1 amide bonds. The van der Waals surface area contributed by atoms with E-state index in [1.165, 1.54) is 12.1 Å². The first-order valence-corrected chi connectivity index (χ1v) is 7.09. The number of hydrogen-bond donors (Lipinski definition) is 1. The van der Waals surface area contributed by atoms with Gasteiger partial charge in [0.15, 0.2) is 0 Å². The highest BCUT2D eigenvalue weighted by Crippen LogP contribution is 2.20. The smallest absolute Gasteiger partial charge is 0.225 e. The zero-order valence-corrected chi connectivity index (χ0v) is 12.7. The van der Waals surface area contributed by atoms with Gasteiger partial charge >= 0.3 is 0 Å². The van der Waals surface area contributed by atoms with Crippen LogP contribution in [0.15, 0.2) is 30.6 Å². The minimum absolute atomic E-state index is 0.0811. The fourth-order valence-electron chi connectivity index (χ4n) is 2.15. The van der Waals surface area contributed by atoms with Gasteiger partial charge in [-0.3, -0.25) is 9.48 Å². The summed E-state index contributed by atoms with van der Waals surface area (Å²) in [6.07, 6.45) is 4.21. The molecule has 0 aliphatic carbocycles. The van der Waals surface area contributed by atoms with Crippen LogP contribution in [0.5, 0.6) is 0 Å². The molecule has 0 aliphatic heterocycles. The largest absolute Gasteiger partial charge is 0.349 e. The van der Waals surface area contributed by atoms with Crippen molar-refractivity contribution >= 4 is 17.5 Å². The van der Waals surface area contributed by atoms with Gasteiger partial charge in [0, 0.05) is 29.4 Å². The molecule has 0 fully saturated rings. The molecule has 1 unspecified atom stereocenters. The third kappa shape index (κ3) is 3.82. The molecule has 0 saturated carbocycles. The molecule has 21 heavy (non-hydrogen) atoms. The predicted octanol–water partition coefficient (Wildman–Crippen LogP) is 3.02. The topological polar surface area (TPSA) is 46.9 Å². The lowest BCUT2D eigenvalue weighted by Gasteiger charge is -2.16. The number of carbonyl (C=O) groups excluding carboxylic acids is 1. The molecule has 2 rings (SSSR count). The summed E-state index contributed by atoms with van der Waals surface area (Å²) in [5.74, 6) is -0.732. The average Bonchev–Trinajstić information content (AvgIpc) is 2.87. The second kappa shape index (κ2) is 6.72. The fraction of sp³-hybridized carbons (Fsp3) is 0.333. The molecule has 0 spiro atoms.